The third kappa shape index (κ3) is 7.78. The molecular formula is C6H13F2NO. The second kappa shape index (κ2) is 5.56. The zero-order chi connectivity index (χ0) is 7.98. The quantitative estimate of drug-likeness (QED) is 0.559. The van der Waals surface area contributed by atoms with E-state index in [4.69, 9.17) is 5.11 Å². The summed E-state index contributed by atoms with van der Waals surface area (Å²) < 4.78 is 19.8. The van der Waals surface area contributed by atoms with Crippen molar-refractivity contribution in [2.75, 3.05) is 20.1 Å². The number of rotatable bonds is 0. The molecule has 1 rings (SSSR count). The highest BCUT2D eigenvalue weighted by Crippen LogP contribution is 2.01. The molecule has 0 spiro atoms. The molecule has 1 N–H and O–H groups in total. The second-order valence-corrected chi connectivity index (χ2v) is 2.29. The van der Waals surface area contributed by atoms with Gasteiger partial charge in [-0.3, -0.25) is 0 Å². The normalized spacial score (nSPS) is 18.9. The van der Waals surface area contributed by atoms with Crippen molar-refractivity contribution in [3.05, 3.63) is 0 Å². The highest BCUT2D eigenvalue weighted by molar-refractivity contribution is 4.59. The Morgan fingerprint density at radius 3 is 1.70 bits per heavy atom. The molecule has 0 bridgehead atoms. The number of nitrogens with zero attached hydrogens (tertiary/aromatic N) is 1. The van der Waals surface area contributed by atoms with Crippen LogP contribution in [-0.2, 0) is 0 Å². The summed E-state index contributed by atoms with van der Waals surface area (Å²) in [6.45, 7) is -0.528. The number of hydrogen-bond donors (Lipinski definition) is 1. The second-order valence-electron chi connectivity index (χ2n) is 2.29. The van der Waals surface area contributed by atoms with Crippen molar-refractivity contribution in [1.82, 2.24) is 4.90 Å². The molecule has 1 heterocycles. The van der Waals surface area contributed by atoms with Crippen LogP contribution < -0.4 is 0 Å². The predicted molar refractivity (Wildman–Crippen MR) is 35.0 cm³/mol. The predicted octanol–water partition coefficient (Wildman–Crippen LogP) is 0.913. The van der Waals surface area contributed by atoms with E-state index < -0.39 is 6.61 Å². The summed E-state index contributed by atoms with van der Waals surface area (Å²) in [4.78, 5) is 2.36. The topological polar surface area (TPSA) is 23.5 Å². The Bertz CT molecular complexity index is 71.4. The van der Waals surface area contributed by atoms with Crippen LogP contribution in [0.15, 0.2) is 0 Å². The summed E-state index contributed by atoms with van der Waals surface area (Å²) in [7, 11) is 2.17. The van der Waals surface area contributed by atoms with E-state index in [0.717, 1.165) is 0 Å². The fourth-order valence-electron chi connectivity index (χ4n) is 0.875. The maximum absolute atomic E-state index is 9.89. The molecule has 1 aliphatic heterocycles. The molecule has 62 valence electrons. The van der Waals surface area contributed by atoms with Gasteiger partial charge in [-0.25, -0.2) is 0 Å². The average molecular weight is 153 g/mol. The Balaban J connectivity index is 0.000000180. The van der Waals surface area contributed by atoms with E-state index in [0.29, 0.717) is 0 Å². The van der Waals surface area contributed by atoms with Gasteiger partial charge < -0.3 is 10.0 Å². The maximum Gasteiger partial charge on any atom is 0.342 e. The van der Waals surface area contributed by atoms with E-state index in [1.54, 1.807) is 0 Å². The Hall–Kier alpha value is -0.220. The molecule has 10 heavy (non-hydrogen) atoms. The monoisotopic (exact) mass is 153 g/mol. The number of aliphatic hydroxyl groups excluding tert-OH is 1. The lowest BCUT2D eigenvalue weighted by Gasteiger charge is -2.01. The first-order valence-electron chi connectivity index (χ1n) is 3.27. The SMILES string of the molecule is CN1CCCC1.OC(F)F. The molecule has 1 fully saturated rings. The first kappa shape index (κ1) is 9.78. The van der Waals surface area contributed by atoms with Crippen molar-refractivity contribution < 1.29 is 13.9 Å². The van der Waals surface area contributed by atoms with Crippen LogP contribution in [0.25, 0.3) is 0 Å². The maximum atomic E-state index is 9.89. The van der Waals surface area contributed by atoms with Gasteiger partial charge in [0.15, 0.2) is 0 Å². The third-order valence-corrected chi connectivity index (χ3v) is 1.33. The molecule has 1 saturated heterocycles. The van der Waals surface area contributed by atoms with Crippen molar-refractivity contribution in [1.29, 1.82) is 0 Å². The van der Waals surface area contributed by atoms with Crippen molar-refractivity contribution in [3.8, 4) is 0 Å². The van der Waals surface area contributed by atoms with Gasteiger partial charge in [-0.15, -0.1) is 0 Å². The van der Waals surface area contributed by atoms with E-state index in [9.17, 15) is 8.78 Å². The van der Waals surface area contributed by atoms with Crippen LogP contribution in [0.1, 0.15) is 12.8 Å². The molecule has 0 radical (unpaired) electrons. The average Bonchev–Trinajstić information content (AvgIpc) is 2.15. The standard InChI is InChI=1S/C5H11N.CH2F2O/c1-6-4-2-3-5-6;2-1(3)4/h2-5H2,1H3;1,4H. The summed E-state index contributed by atoms with van der Waals surface area (Å²) >= 11 is 0. The van der Waals surface area contributed by atoms with E-state index >= 15 is 0 Å². The Morgan fingerprint density at radius 2 is 1.60 bits per heavy atom. The van der Waals surface area contributed by atoms with Gasteiger partial charge in [-0.2, -0.15) is 8.78 Å². The fourth-order valence-corrected chi connectivity index (χ4v) is 0.875. The van der Waals surface area contributed by atoms with Crippen LogP contribution >= 0.6 is 0 Å². The number of halogens is 2. The van der Waals surface area contributed by atoms with Gasteiger partial charge >= 0.3 is 6.61 Å². The molecule has 1 aliphatic rings. The van der Waals surface area contributed by atoms with Gasteiger partial charge in [0.1, 0.15) is 0 Å². The van der Waals surface area contributed by atoms with Gasteiger partial charge in [0.25, 0.3) is 0 Å². The summed E-state index contributed by atoms with van der Waals surface area (Å²) in [5.74, 6) is 0. The Labute approximate surface area is 59.4 Å². The number of likely N-dealkylation sites (tertiary alicyclic amines) is 1. The molecule has 2 nitrogen and oxygen atoms in total. The van der Waals surface area contributed by atoms with Crippen molar-refractivity contribution in [2.24, 2.45) is 0 Å². The van der Waals surface area contributed by atoms with Crippen molar-refractivity contribution in [3.63, 3.8) is 0 Å². The lowest BCUT2D eigenvalue weighted by atomic mass is 10.4. The smallest absolute Gasteiger partial charge is 0.339 e. The van der Waals surface area contributed by atoms with Crippen LogP contribution in [0.3, 0.4) is 0 Å². The molecule has 0 aliphatic carbocycles. The first-order valence-corrected chi connectivity index (χ1v) is 3.27. The number of aliphatic hydroxyl groups is 1. The molecular weight excluding hydrogens is 140 g/mol. The molecule has 0 aromatic rings. The van der Waals surface area contributed by atoms with Gasteiger partial charge in [0.05, 0.1) is 0 Å². The zero-order valence-electron chi connectivity index (χ0n) is 6.06. The van der Waals surface area contributed by atoms with Gasteiger partial charge in [-0.05, 0) is 33.0 Å². The fraction of sp³-hybridized carbons (Fsp3) is 1.00. The number of alkyl halides is 2. The van der Waals surface area contributed by atoms with Crippen molar-refractivity contribution >= 4 is 0 Å². The van der Waals surface area contributed by atoms with Crippen molar-refractivity contribution in [2.45, 2.75) is 19.5 Å². The van der Waals surface area contributed by atoms with E-state index in [1.165, 1.54) is 25.9 Å². The minimum absolute atomic E-state index is 1.32. The van der Waals surface area contributed by atoms with E-state index in [-0.39, 0.29) is 0 Å². The van der Waals surface area contributed by atoms with Gasteiger partial charge in [0.2, 0.25) is 0 Å². The molecule has 0 amide bonds. The summed E-state index contributed by atoms with van der Waals surface area (Å²) in [6, 6.07) is 0. The molecule has 0 aromatic carbocycles. The molecule has 0 aromatic heterocycles. The lowest BCUT2D eigenvalue weighted by molar-refractivity contribution is -0.0728. The Kier molecular flexibility index (Phi) is 5.43. The highest BCUT2D eigenvalue weighted by Gasteiger charge is 2.03. The highest BCUT2D eigenvalue weighted by atomic mass is 19.3. The lowest BCUT2D eigenvalue weighted by Crippen LogP contribution is -2.10. The van der Waals surface area contributed by atoms with E-state index in [2.05, 4.69) is 11.9 Å². The van der Waals surface area contributed by atoms with Gasteiger partial charge in [-0.1, -0.05) is 0 Å². The van der Waals surface area contributed by atoms with Crippen LogP contribution in [0.2, 0.25) is 0 Å². The minimum Gasteiger partial charge on any atom is -0.339 e. The minimum atomic E-state index is -3.17. The number of hydrogen-bond acceptors (Lipinski definition) is 2. The Morgan fingerprint density at radius 1 is 1.30 bits per heavy atom. The van der Waals surface area contributed by atoms with Gasteiger partial charge in [0, 0.05) is 0 Å². The summed E-state index contributed by atoms with van der Waals surface area (Å²) in [5.41, 5.74) is 0. The molecule has 0 unspecified atom stereocenters. The van der Waals surface area contributed by atoms with Crippen LogP contribution in [0, 0.1) is 0 Å². The largest absolute Gasteiger partial charge is 0.342 e. The third-order valence-electron chi connectivity index (χ3n) is 1.33. The summed E-state index contributed by atoms with van der Waals surface area (Å²) in [5, 5.41) is 6.72. The first-order chi connectivity index (χ1) is 4.63. The zero-order valence-corrected chi connectivity index (χ0v) is 6.06. The summed E-state index contributed by atoms with van der Waals surface area (Å²) in [6.07, 6.45) is 2.83. The van der Waals surface area contributed by atoms with Crippen LogP contribution in [-0.4, -0.2) is 36.8 Å². The molecule has 0 atom stereocenters. The van der Waals surface area contributed by atoms with Crippen LogP contribution in [0.5, 0.6) is 0 Å². The molecule has 0 saturated carbocycles. The van der Waals surface area contributed by atoms with Crippen LogP contribution in [0.4, 0.5) is 8.78 Å². The van der Waals surface area contributed by atoms with E-state index in [1.807, 2.05) is 0 Å². The molecule has 4 heteroatoms.